The molecule has 3 aromatic rings. The van der Waals surface area contributed by atoms with Crippen molar-refractivity contribution in [2.24, 2.45) is 0 Å². The summed E-state index contributed by atoms with van der Waals surface area (Å²) in [4.78, 5) is 4.29. The lowest BCUT2D eigenvalue weighted by molar-refractivity contribution is 0.561. The molecule has 3 nitrogen and oxygen atoms in total. The van der Waals surface area contributed by atoms with Gasteiger partial charge in [-0.3, -0.25) is 0 Å². The molecule has 0 amide bonds. The molecule has 0 fully saturated rings. The number of hydrogen-bond acceptors (Lipinski definition) is 3. The Bertz CT molecular complexity index is 764. The molecular weight excluding hydrogens is 255 g/mol. The molecular formula is C16H15FN2O. The van der Waals surface area contributed by atoms with Crippen LogP contribution in [0.25, 0.3) is 11.1 Å². The third-order valence-corrected chi connectivity index (χ3v) is 3.23. The zero-order chi connectivity index (χ0) is 14.1. The van der Waals surface area contributed by atoms with Crippen LogP contribution >= 0.6 is 0 Å². The first kappa shape index (κ1) is 12.7. The number of nitrogens with one attached hydrogen (secondary N) is 1. The molecule has 1 N–H and O–H groups in total. The number of anilines is 1. The standard InChI is InChI=1S/C16H15FN2O/c1-10-3-4-12(7-14(10)17)9-18-13-5-6-16-15(8-13)19-11(2)20-16/h3-8,18H,9H2,1-2H3. The van der Waals surface area contributed by atoms with Crippen LogP contribution in [-0.2, 0) is 6.54 Å². The van der Waals surface area contributed by atoms with E-state index in [1.54, 1.807) is 19.1 Å². The van der Waals surface area contributed by atoms with Gasteiger partial charge in [-0.15, -0.1) is 0 Å². The molecule has 0 saturated heterocycles. The summed E-state index contributed by atoms with van der Waals surface area (Å²) >= 11 is 0. The summed E-state index contributed by atoms with van der Waals surface area (Å²) in [5.74, 6) is 0.477. The van der Waals surface area contributed by atoms with Crippen LogP contribution in [0.1, 0.15) is 17.0 Å². The van der Waals surface area contributed by atoms with Crippen LogP contribution in [0, 0.1) is 19.7 Å². The number of hydrogen-bond donors (Lipinski definition) is 1. The van der Waals surface area contributed by atoms with Crippen LogP contribution < -0.4 is 5.32 Å². The van der Waals surface area contributed by atoms with Crippen LogP contribution in [0.3, 0.4) is 0 Å². The maximum Gasteiger partial charge on any atom is 0.192 e. The van der Waals surface area contributed by atoms with E-state index < -0.39 is 0 Å². The number of fused-ring (bicyclic) bond motifs is 1. The van der Waals surface area contributed by atoms with Crippen molar-refractivity contribution < 1.29 is 8.81 Å². The number of halogens is 1. The fourth-order valence-electron chi connectivity index (χ4n) is 2.10. The molecule has 0 aliphatic heterocycles. The molecule has 20 heavy (non-hydrogen) atoms. The molecule has 0 spiro atoms. The van der Waals surface area contributed by atoms with Crippen LogP contribution in [0.5, 0.6) is 0 Å². The number of benzene rings is 2. The highest BCUT2D eigenvalue weighted by Gasteiger charge is 2.04. The Morgan fingerprint density at radius 1 is 1.15 bits per heavy atom. The van der Waals surface area contributed by atoms with Crippen molar-refractivity contribution in [3.05, 3.63) is 59.2 Å². The van der Waals surface area contributed by atoms with E-state index in [0.29, 0.717) is 18.0 Å². The second-order valence-corrected chi connectivity index (χ2v) is 4.85. The third kappa shape index (κ3) is 2.50. The maximum atomic E-state index is 13.5. The van der Waals surface area contributed by atoms with Gasteiger partial charge in [0.15, 0.2) is 11.5 Å². The van der Waals surface area contributed by atoms with E-state index in [9.17, 15) is 4.39 Å². The van der Waals surface area contributed by atoms with Gasteiger partial charge in [0.2, 0.25) is 0 Å². The van der Waals surface area contributed by atoms with Gasteiger partial charge in [-0.2, -0.15) is 0 Å². The molecule has 0 aliphatic carbocycles. The number of aryl methyl sites for hydroxylation is 2. The topological polar surface area (TPSA) is 38.1 Å². The fourth-order valence-corrected chi connectivity index (χ4v) is 2.10. The number of nitrogens with zero attached hydrogens (tertiary/aromatic N) is 1. The third-order valence-electron chi connectivity index (χ3n) is 3.23. The van der Waals surface area contributed by atoms with Crippen LogP contribution in [0.2, 0.25) is 0 Å². The number of aromatic nitrogens is 1. The van der Waals surface area contributed by atoms with E-state index in [1.165, 1.54) is 0 Å². The van der Waals surface area contributed by atoms with Crippen molar-refractivity contribution in [1.29, 1.82) is 0 Å². The smallest absolute Gasteiger partial charge is 0.192 e. The molecule has 3 rings (SSSR count). The molecule has 0 saturated carbocycles. The molecule has 2 aromatic carbocycles. The SMILES string of the molecule is Cc1nc2cc(NCc3ccc(C)c(F)c3)ccc2o1. The highest BCUT2D eigenvalue weighted by molar-refractivity contribution is 5.77. The Balaban J connectivity index is 1.77. The van der Waals surface area contributed by atoms with Crippen molar-refractivity contribution in [1.82, 2.24) is 4.98 Å². The van der Waals surface area contributed by atoms with Gasteiger partial charge in [0, 0.05) is 19.2 Å². The first-order chi connectivity index (χ1) is 9.61. The summed E-state index contributed by atoms with van der Waals surface area (Å²) in [5, 5.41) is 3.26. The molecule has 0 radical (unpaired) electrons. The molecule has 102 valence electrons. The summed E-state index contributed by atoms with van der Waals surface area (Å²) in [7, 11) is 0. The molecule has 1 heterocycles. The summed E-state index contributed by atoms with van der Waals surface area (Å²) < 4.78 is 18.9. The number of oxazole rings is 1. The Labute approximate surface area is 116 Å². The Hall–Kier alpha value is -2.36. The first-order valence-corrected chi connectivity index (χ1v) is 6.48. The van der Waals surface area contributed by atoms with Gasteiger partial charge in [-0.05, 0) is 42.3 Å². The van der Waals surface area contributed by atoms with E-state index in [2.05, 4.69) is 10.3 Å². The number of rotatable bonds is 3. The largest absolute Gasteiger partial charge is 0.441 e. The molecule has 1 aromatic heterocycles. The Kier molecular flexibility index (Phi) is 3.14. The highest BCUT2D eigenvalue weighted by atomic mass is 19.1. The van der Waals surface area contributed by atoms with Crippen LogP contribution in [-0.4, -0.2) is 4.98 Å². The minimum atomic E-state index is -0.174. The molecule has 0 bridgehead atoms. The first-order valence-electron chi connectivity index (χ1n) is 6.48. The van der Waals surface area contributed by atoms with Gasteiger partial charge in [-0.1, -0.05) is 12.1 Å². The minimum absolute atomic E-state index is 0.174. The Morgan fingerprint density at radius 3 is 2.80 bits per heavy atom. The molecule has 0 atom stereocenters. The van der Waals surface area contributed by atoms with E-state index in [4.69, 9.17) is 4.42 Å². The van der Waals surface area contributed by atoms with E-state index >= 15 is 0 Å². The second-order valence-electron chi connectivity index (χ2n) is 4.85. The monoisotopic (exact) mass is 270 g/mol. The molecule has 4 heteroatoms. The minimum Gasteiger partial charge on any atom is -0.441 e. The van der Waals surface area contributed by atoms with E-state index in [0.717, 1.165) is 22.4 Å². The lowest BCUT2D eigenvalue weighted by Gasteiger charge is -2.07. The molecule has 0 aliphatic rings. The van der Waals surface area contributed by atoms with E-state index in [-0.39, 0.29) is 5.82 Å². The van der Waals surface area contributed by atoms with Crippen molar-refractivity contribution in [2.45, 2.75) is 20.4 Å². The summed E-state index contributed by atoms with van der Waals surface area (Å²) in [5.41, 5.74) is 4.10. The van der Waals surface area contributed by atoms with Gasteiger partial charge < -0.3 is 9.73 Å². The van der Waals surface area contributed by atoms with Gasteiger partial charge in [0.25, 0.3) is 0 Å². The fraction of sp³-hybridized carbons (Fsp3) is 0.188. The van der Waals surface area contributed by atoms with Gasteiger partial charge >= 0.3 is 0 Å². The predicted octanol–water partition coefficient (Wildman–Crippen LogP) is 4.20. The zero-order valence-electron chi connectivity index (χ0n) is 11.4. The van der Waals surface area contributed by atoms with Crippen LogP contribution in [0.4, 0.5) is 10.1 Å². The van der Waals surface area contributed by atoms with Crippen molar-refractivity contribution in [2.75, 3.05) is 5.32 Å². The lowest BCUT2D eigenvalue weighted by Crippen LogP contribution is -2.00. The Morgan fingerprint density at radius 2 is 2.00 bits per heavy atom. The average molecular weight is 270 g/mol. The quantitative estimate of drug-likeness (QED) is 0.775. The van der Waals surface area contributed by atoms with Gasteiger partial charge in [-0.25, -0.2) is 9.37 Å². The summed E-state index contributed by atoms with van der Waals surface area (Å²) in [6.45, 7) is 4.15. The average Bonchev–Trinajstić information content (AvgIpc) is 2.79. The van der Waals surface area contributed by atoms with Gasteiger partial charge in [0.05, 0.1) is 0 Å². The van der Waals surface area contributed by atoms with E-state index in [1.807, 2.05) is 31.2 Å². The summed E-state index contributed by atoms with van der Waals surface area (Å²) in [6, 6.07) is 11.0. The normalized spacial score (nSPS) is 10.9. The van der Waals surface area contributed by atoms with Gasteiger partial charge in [0.1, 0.15) is 11.3 Å². The lowest BCUT2D eigenvalue weighted by atomic mass is 10.1. The summed E-state index contributed by atoms with van der Waals surface area (Å²) in [6.07, 6.45) is 0. The maximum absolute atomic E-state index is 13.5. The predicted molar refractivity (Wildman–Crippen MR) is 77.2 cm³/mol. The second kappa shape index (κ2) is 4.96. The molecule has 0 unspecified atom stereocenters. The van der Waals surface area contributed by atoms with Crippen molar-refractivity contribution >= 4 is 16.8 Å². The van der Waals surface area contributed by atoms with Crippen molar-refractivity contribution in [3.63, 3.8) is 0 Å². The van der Waals surface area contributed by atoms with Crippen LogP contribution in [0.15, 0.2) is 40.8 Å². The van der Waals surface area contributed by atoms with Crippen molar-refractivity contribution in [3.8, 4) is 0 Å². The zero-order valence-corrected chi connectivity index (χ0v) is 11.4. The highest BCUT2D eigenvalue weighted by Crippen LogP contribution is 2.20.